The molecule has 1 heterocycles. The third-order valence-electron chi connectivity index (χ3n) is 3.24. The Kier molecular flexibility index (Phi) is 4.27. The molecule has 1 aliphatic carbocycles. The highest BCUT2D eigenvalue weighted by molar-refractivity contribution is 5.75. The summed E-state index contributed by atoms with van der Waals surface area (Å²) in [5.74, 6) is -0.0380. The number of rotatable bonds is 4. The van der Waals surface area contributed by atoms with Crippen LogP contribution in [0.2, 0.25) is 0 Å². The van der Waals surface area contributed by atoms with Gasteiger partial charge in [0.1, 0.15) is 6.54 Å². The summed E-state index contributed by atoms with van der Waals surface area (Å²) in [4.78, 5) is 11.8. The van der Waals surface area contributed by atoms with E-state index in [1.54, 1.807) is 6.20 Å². The van der Waals surface area contributed by atoms with E-state index in [1.807, 2.05) is 0 Å². The standard InChI is InChI=1S/C11H20N6O/c12-5-10-6-17(16-15-10)7-11(18)14-9-3-1-8(13)2-4-9/h6,8-9H,1-5,7,12-13H2,(H,14,18). The van der Waals surface area contributed by atoms with Crippen molar-refractivity contribution < 1.29 is 4.79 Å². The molecule has 1 aromatic rings. The van der Waals surface area contributed by atoms with Crippen molar-refractivity contribution in [1.29, 1.82) is 0 Å². The van der Waals surface area contributed by atoms with Gasteiger partial charge in [-0.05, 0) is 25.7 Å². The van der Waals surface area contributed by atoms with E-state index in [1.165, 1.54) is 4.68 Å². The molecule has 2 rings (SSSR count). The van der Waals surface area contributed by atoms with Crippen molar-refractivity contribution in [2.24, 2.45) is 11.5 Å². The predicted octanol–water partition coefficient (Wildman–Crippen LogP) is -0.877. The summed E-state index contributed by atoms with van der Waals surface area (Å²) in [5, 5.41) is 10.7. The SMILES string of the molecule is NCc1cn(CC(=O)NC2CCC(N)CC2)nn1. The molecular formula is C11H20N6O. The zero-order chi connectivity index (χ0) is 13.0. The van der Waals surface area contributed by atoms with Crippen LogP contribution in [0, 0.1) is 0 Å². The number of amides is 1. The highest BCUT2D eigenvalue weighted by Gasteiger charge is 2.20. The van der Waals surface area contributed by atoms with Gasteiger partial charge in [0.05, 0.1) is 11.9 Å². The van der Waals surface area contributed by atoms with Gasteiger partial charge in [-0.2, -0.15) is 0 Å². The van der Waals surface area contributed by atoms with Crippen molar-refractivity contribution in [3.63, 3.8) is 0 Å². The van der Waals surface area contributed by atoms with Gasteiger partial charge in [-0.25, -0.2) is 4.68 Å². The van der Waals surface area contributed by atoms with E-state index in [9.17, 15) is 4.79 Å². The Bertz CT molecular complexity index is 396. The summed E-state index contributed by atoms with van der Waals surface area (Å²) in [7, 11) is 0. The second-order valence-corrected chi connectivity index (χ2v) is 4.79. The molecule has 0 aromatic carbocycles. The number of nitrogens with two attached hydrogens (primary N) is 2. The average molecular weight is 252 g/mol. The lowest BCUT2D eigenvalue weighted by atomic mass is 9.92. The number of carbonyl (C=O) groups excluding carboxylic acids is 1. The molecule has 1 aliphatic rings. The van der Waals surface area contributed by atoms with Gasteiger partial charge < -0.3 is 16.8 Å². The Morgan fingerprint density at radius 3 is 2.78 bits per heavy atom. The second kappa shape index (κ2) is 5.92. The van der Waals surface area contributed by atoms with Crippen LogP contribution in [-0.4, -0.2) is 33.0 Å². The third kappa shape index (κ3) is 3.51. The first kappa shape index (κ1) is 13.0. The first-order valence-corrected chi connectivity index (χ1v) is 6.31. The molecule has 5 N–H and O–H groups in total. The number of aromatic nitrogens is 3. The smallest absolute Gasteiger partial charge is 0.242 e. The van der Waals surface area contributed by atoms with Gasteiger partial charge in [-0.1, -0.05) is 5.21 Å². The van der Waals surface area contributed by atoms with E-state index >= 15 is 0 Å². The van der Waals surface area contributed by atoms with Crippen LogP contribution < -0.4 is 16.8 Å². The van der Waals surface area contributed by atoms with Gasteiger partial charge in [0.15, 0.2) is 0 Å². The van der Waals surface area contributed by atoms with Crippen LogP contribution in [0.5, 0.6) is 0 Å². The van der Waals surface area contributed by atoms with Crippen LogP contribution in [0.3, 0.4) is 0 Å². The Labute approximate surface area is 106 Å². The predicted molar refractivity (Wildman–Crippen MR) is 66.3 cm³/mol. The normalized spacial score (nSPS) is 23.9. The summed E-state index contributed by atoms with van der Waals surface area (Å²) in [6, 6.07) is 0.537. The van der Waals surface area contributed by atoms with Crippen molar-refractivity contribution in [2.45, 2.75) is 50.9 Å². The molecule has 18 heavy (non-hydrogen) atoms. The van der Waals surface area contributed by atoms with Gasteiger partial charge in [-0.3, -0.25) is 4.79 Å². The van der Waals surface area contributed by atoms with Gasteiger partial charge >= 0.3 is 0 Å². The third-order valence-corrected chi connectivity index (χ3v) is 3.24. The Balaban J connectivity index is 1.78. The summed E-state index contributed by atoms with van der Waals surface area (Å²) < 4.78 is 1.51. The highest BCUT2D eigenvalue weighted by Crippen LogP contribution is 2.16. The molecule has 7 heteroatoms. The summed E-state index contributed by atoms with van der Waals surface area (Å²) in [5.41, 5.74) is 11.9. The van der Waals surface area contributed by atoms with E-state index in [2.05, 4.69) is 15.6 Å². The van der Waals surface area contributed by atoms with Crippen LogP contribution in [0.1, 0.15) is 31.4 Å². The molecule has 1 saturated carbocycles. The molecule has 1 fully saturated rings. The average Bonchev–Trinajstić information content (AvgIpc) is 2.79. The summed E-state index contributed by atoms with van der Waals surface area (Å²) in [6.07, 6.45) is 5.56. The molecule has 0 saturated heterocycles. The van der Waals surface area contributed by atoms with E-state index in [-0.39, 0.29) is 18.5 Å². The molecule has 0 aliphatic heterocycles. The van der Waals surface area contributed by atoms with E-state index in [4.69, 9.17) is 11.5 Å². The molecule has 100 valence electrons. The first-order valence-electron chi connectivity index (χ1n) is 6.31. The molecule has 0 radical (unpaired) electrons. The lowest BCUT2D eigenvalue weighted by Gasteiger charge is -2.26. The largest absolute Gasteiger partial charge is 0.352 e. The van der Waals surface area contributed by atoms with Crippen molar-refractivity contribution in [3.05, 3.63) is 11.9 Å². The Hall–Kier alpha value is -1.47. The Morgan fingerprint density at radius 2 is 2.17 bits per heavy atom. The highest BCUT2D eigenvalue weighted by atomic mass is 16.2. The van der Waals surface area contributed by atoms with Crippen molar-refractivity contribution >= 4 is 5.91 Å². The number of carbonyl (C=O) groups is 1. The topological polar surface area (TPSA) is 112 Å². The van der Waals surface area contributed by atoms with Crippen LogP contribution in [-0.2, 0) is 17.9 Å². The quantitative estimate of drug-likeness (QED) is 0.644. The Morgan fingerprint density at radius 1 is 1.44 bits per heavy atom. The van der Waals surface area contributed by atoms with Gasteiger partial charge in [0, 0.05) is 18.6 Å². The molecule has 0 bridgehead atoms. The van der Waals surface area contributed by atoms with Crippen LogP contribution in [0.4, 0.5) is 0 Å². The molecule has 1 aromatic heterocycles. The fourth-order valence-electron chi connectivity index (χ4n) is 2.19. The maximum Gasteiger partial charge on any atom is 0.242 e. The second-order valence-electron chi connectivity index (χ2n) is 4.79. The number of nitrogens with zero attached hydrogens (tertiary/aromatic N) is 3. The monoisotopic (exact) mass is 252 g/mol. The van der Waals surface area contributed by atoms with Gasteiger partial charge in [0.25, 0.3) is 0 Å². The lowest BCUT2D eigenvalue weighted by Crippen LogP contribution is -2.41. The molecule has 0 atom stereocenters. The van der Waals surface area contributed by atoms with Crippen LogP contribution in [0.15, 0.2) is 6.20 Å². The van der Waals surface area contributed by atoms with Crippen molar-refractivity contribution in [1.82, 2.24) is 20.3 Å². The zero-order valence-electron chi connectivity index (χ0n) is 10.4. The van der Waals surface area contributed by atoms with E-state index in [0.717, 1.165) is 25.7 Å². The van der Waals surface area contributed by atoms with E-state index in [0.29, 0.717) is 18.3 Å². The first-order chi connectivity index (χ1) is 8.67. The molecule has 0 spiro atoms. The molecule has 7 nitrogen and oxygen atoms in total. The number of nitrogens with one attached hydrogen (secondary N) is 1. The van der Waals surface area contributed by atoms with Crippen LogP contribution >= 0.6 is 0 Å². The fourth-order valence-corrected chi connectivity index (χ4v) is 2.19. The zero-order valence-corrected chi connectivity index (χ0v) is 10.4. The summed E-state index contributed by atoms with van der Waals surface area (Å²) in [6.45, 7) is 0.525. The maximum absolute atomic E-state index is 11.8. The van der Waals surface area contributed by atoms with Crippen LogP contribution in [0.25, 0.3) is 0 Å². The van der Waals surface area contributed by atoms with E-state index < -0.39 is 0 Å². The van der Waals surface area contributed by atoms with Crippen molar-refractivity contribution in [2.75, 3.05) is 0 Å². The minimum Gasteiger partial charge on any atom is -0.352 e. The number of hydrogen-bond acceptors (Lipinski definition) is 5. The molecule has 0 unspecified atom stereocenters. The lowest BCUT2D eigenvalue weighted by molar-refractivity contribution is -0.122. The number of hydrogen-bond donors (Lipinski definition) is 3. The minimum absolute atomic E-state index is 0.0380. The molecule has 1 amide bonds. The summed E-state index contributed by atoms with van der Waals surface area (Å²) >= 11 is 0. The maximum atomic E-state index is 11.8. The van der Waals surface area contributed by atoms with Gasteiger partial charge in [-0.15, -0.1) is 5.10 Å². The van der Waals surface area contributed by atoms with Gasteiger partial charge in [0.2, 0.25) is 5.91 Å². The molecular weight excluding hydrogens is 232 g/mol. The van der Waals surface area contributed by atoms with Crippen molar-refractivity contribution in [3.8, 4) is 0 Å². The minimum atomic E-state index is -0.0380. The fraction of sp³-hybridized carbons (Fsp3) is 0.727.